The van der Waals surface area contributed by atoms with Crippen molar-refractivity contribution in [2.45, 2.75) is 6.92 Å². The number of benzene rings is 2. The number of carbonyl (C=O) groups is 1. The van der Waals surface area contributed by atoms with Crippen LogP contribution >= 0.6 is 11.6 Å². The monoisotopic (exact) mass is 262 g/mol. The first-order valence-electron chi connectivity index (χ1n) is 5.33. The summed E-state index contributed by atoms with van der Waals surface area (Å²) in [6.07, 6.45) is 0. The Balaban J connectivity index is 2.27. The van der Waals surface area contributed by atoms with Crippen LogP contribution in [0.5, 0.6) is 11.5 Å². The second-order valence-electron chi connectivity index (χ2n) is 3.87. The molecular weight excluding hydrogens is 252 g/mol. The molecule has 0 aliphatic heterocycles. The Morgan fingerprint density at radius 2 is 2.00 bits per heavy atom. The van der Waals surface area contributed by atoms with Gasteiger partial charge in [0.2, 0.25) is 0 Å². The molecule has 2 aromatic carbocycles. The molecular formula is C14H11ClO3. The van der Waals surface area contributed by atoms with E-state index in [4.69, 9.17) is 21.4 Å². The van der Waals surface area contributed by atoms with Gasteiger partial charge in [-0.05, 0) is 42.8 Å². The van der Waals surface area contributed by atoms with Gasteiger partial charge in [-0.25, -0.2) is 4.79 Å². The predicted octanol–water partition coefficient (Wildman–Crippen LogP) is 4.14. The summed E-state index contributed by atoms with van der Waals surface area (Å²) in [5, 5.41) is 9.10. The number of carboxylic acid groups (broad SMARTS) is 1. The average Bonchev–Trinajstić information content (AvgIpc) is 2.31. The van der Waals surface area contributed by atoms with E-state index in [1.54, 1.807) is 6.07 Å². The predicted molar refractivity (Wildman–Crippen MR) is 69.7 cm³/mol. The van der Waals surface area contributed by atoms with Crippen molar-refractivity contribution in [3.63, 3.8) is 0 Å². The number of hydrogen-bond acceptors (Lipinski definition) is 2. The molecule has 2 rings (SSSR count). The van der Waals surface area contributed by atoms with Crippen molar-refractivity contribution in [2.24, 2.45) is 0 Å². The fourth-order valence-electron chi connectivity index (χ4n) is 1.52. The minimum absolute atomic E-state index is 0.136. The number of carboxylic acids is 1. The lowest BCUT2D eigenvalue weighted by molar-refractivity contribution is 0.0697. The molecule has 4 heteroatoms. The highest BCUT2D eigenvalue weighted by molar-refractivity contribution is 6.32. The van der Waals surface area contributed by atoms with Crippen LogP contribution in [0.4, 0.5) is 0 Å². The molecule has 0 heterocycles. The van der Waals surface area contributed by atoms with E-state index in [1.807, 2.05) is 31.2 Å². The molecule has 0 aromatic heterocycles. The minimum atomic E-state index is -1.01. The maximum absolute atomic E-state index is 10.8. The Hall–Kier alpha value is -2.00. The largest absolute Gasteiger partial charge is 0.478 e. The lowest BCUT2D eigenvalue weighted by Crippen LogP contribution is -1.96. The van der Waals surface area contributed by atoms with Gasteiger partial charge < -0.3 is 9.84 Å². The van der Waals surface area contributed by atoms with Crippen LogP contribution in [0, 0.1) is 6.92 Å². The Bertz CT molecular complexity index is 593. The molecule has 0 fully saturated rings. The molecule has 0 amide bonds. The summed E-state index contributed by atoms with van der Waals surface area (Å²) in [7, 11) is 0. The van der Waals surface area contributed by atoms with Crippen LogP contribution in [-0.4, -0.2) is 11.1 Å². The van der Waals surface area contributed by atoms with E-state index in [9.17, 15) is 4.79 Å². The molecule has 3 nitrogen and oxygen atoms in total. The summed E-state index contributed by atoms with van der Waals surface area (Å²) in [5.74, 6) is 0.0891. The molecule has 1 N–H and O–H groups in total. The summed E-state index contributed by atoms with van der Waals surface area (Å²) < 4.78 is 5.60. The normalized spacial score (nSPS) is 10.1. The van der Waals surface area contributed by atoms with Crippen LogP contribution in [0.3, 0.4) is 0 Å². The van der Waals surface area contributed by atoms with Crippen LogP contribution < -0.4 is 4.74 Å². The molecule has 0 unspecified atom stereocenters. The first-order chi connectivity index (χ1) is 8.56. The average molecular weight is 263 g/mol. The Labute approximate surface area is 110 Å². The van der Waals surface area contributed by atoms with Gasteiger partial charge in [0, 0.05) is 0 Å². The van der Waals surface area contributed by atoms with Crippen molar-refractivity contribution >= 4 is 17.6 Å². The Morgan fingerprint density at radius 3 is 2.61 bits per heavy atom. The number of aryl methyl sites for hydroxylation is 1. The molecule has 92 valence electrons. The zero-order valence-corrected chi connectivity index (χ0v) is 10.4. The fourth-order valence-corrected chi connectivity index (χ4v) is 1.74. The highest BCUT2D eigenvalue weighted by Crippen LogP contribution is 2.30. The molecule has 2 aromatic rings. The lowest BCUT2D eigenvalue weighted by atomic mass is 10.2. The van der Waals surface area contributed by atoms with Crippen molar-refractivity contribution in [1.82, 2.24) is 0 Å². The zero-order valence-electron chi connectivity index (χ0n) is 9.68. The number of halogens is 1. The number of aromatic carboxylic acids is 1. The van der Waals surface area contributed by atoms with Gasteiger partial charge in [0.05, 0.1) is 10.6 Å². The quantitative estimate of drug-likeness (QED) is 0.904. The molecule has 18 heavy (non-hydrogen) atoms. The van der Waals surface area contributed by atoms with E-state index in [0.29, 0.717) is 11.5 Å². The van der Waals surface area contributed by atoms with Crippen molar-refractivity contribution in [3.05, 3.63) is 58.6 Å². The van der Waals surface area contributed by atoms with Crippen LogP contribution in [0.25, 0.3) is 0 Å². The molecule has 0 saturated carbocycles. The van der Waals surface area contributed by atoms with Gasteiger partial charge in [-0.3, -0.25) is 0 Å². The van der Waals surface area contributed by atoms with Gasteiger partial charge in [-0.2, -0.15) is 0 Å². The van der Waals surface area contributed by atoms with Crippen LogP contribution in [0.15, 0.2) is 42.5 Å². The third-order valence-corrected chi connectivity index (χ3v) is 2.69. The molecule has 0 saturated heterocycles. The van der Waals surface area contributed by atoms with Gasteiger partial charge in [-0.1, -0.05) is 23.7 Å². The van der Waals surface area contributed by atoms with Crippen molar-refractivity contribution < 1.29 is 14.6 Å². The Morgan fingerprint density at radius 1 is 1.22 bits per heavy atom. The smallest absolute Gasteiger partial charge is 0.335 e. The molecule has 0 bridgehead atoms. The third kappa shape index (κ3) is 2.81. The highest BCUT2D eigenvalue weighted by Gasteiger charge is 2.08. The second-order valence-corrected chi connectivity index (χ2v) is 4.28. The Kier molecular flexibility index (Phi) is 3.53. The highest BCUT2D eigenvalue weighted by atomic mass is 35.5. The summed E-state index contributed by atoms with van der Waals surface area (Å²) in [4.78, 5) is 10.8. The van der Waals surface area contributed by atoms with Gasteiger partial charge >= 0.3 is 5.97 Å². The molecule has 0 aliphatic rings. The second kappa shape index (κ2) is 5.10. The van der Waals surface area contributed by atoms with E-state index in [0.717, 1.165) is 5.56 Å². The summed E-state index contributed by atoms with van der Waals surface area (Å²) in [6.45, 7) is 1.96. The number of ether oxygens (including phenoxy) is 1. The standard InChI is InChI=1S/C14H11ClO3/c1-9-3-2-4-11(7-9)18-13-6-5-10(14(16)17)8-12(13)15/h2-8H,1H3,(H,16,17). The van der Waals surface area contributed by atoms with E-state index in [2.05, 4.69) is 0 Å². The van der Waals surface area contributed by atoms with E-state index in [-0.39, 0.29) is 10.6 Å². The van der Waals surface area contributed by atoms with Gasteiger partial charge in [0.15, 0.2) is 0 Å². The molecule has 0 radical (unpaired) electrons. The van der Waals surface area contributed by atoms with Crippen LogP contribution in [0.2, 0.25) is 5.02 Å². The molecule has 0 aliphatic carbocycles. The molecule has 0 atom stereocenters. The van der Waals surface area contributed by atoms with Crippen molar-refractivity contribution in [2.75, 3.05) is 0 Å². The third-order valence-electron chi connectivity index (χ3n) is 2.40. The molecule has 0 spiro atoms. The van der Waals surface area contributed by atoms with E-state index >= 15 is 0 Å². The first-order valence-corrected chi connectivity index (χ1v) is 5.71. The van der Waals surface area contributed by atoms with Gasteiger partial charge in [0.1, 0.15) is 11.5 Å². The summed E-state index contributed by atoms with van der Waals surface area (Å²) in [5.41, 5.74) is 1.21. The lowest BCUT2D eigenvalue weighted by Gasteiger charge is -2.08. The maximum atomic E-state index is 10.8. The topological polar surface area (TPSA) is 46.5 Å². The van der Waals surface area contributed by atoms with Crippen molar-refractivity contribution in [3.8, 4) is 11.5 Å². The van der Waals surface area contributed by atoms with Crippen molar-refractivity contribution in [1.29, 1.82) is 0 Å². The van der Waals surface area contributed by atoms with E-state index < -0.39 is 5.97 Å². The maximum Gasteiger partial charge on any atom is 0.335 e. The van der Waals surface area contributed by atoms with E-state index in [1.165, 1.54) is 12.1 Å². The summed E-state index contributed by atoms with van der Waals surface area (Å²) in [6, 6.07) is 11.9. The fraction of sp³-hybridized carbons (Fsp3) is 0.0714. The van der Waals surface area contributed by atoms with Crippen LogP contribution in [0.1, 0.15) is 15.9 Å². The number of rotatable bonds is 3. The SMILES string of the molecule is Cc1cccc(Oc2ccc(C(=O)O)cc2Cl)c1. The first kappa shape index (κ1) is 12.5. The van der Waals surface area contributed by atoms with Gasteiger partial charge in [0.25, 0.3) is 0 Å². The summed E-state index contributed by atoms with van der Waals surface area (Å²) >= 11 is 5.97. The number of hydrogen-bond donors (Lipinski definition) is 1. The zero-order chi connectivity index (χ0) is 13.1. The van der Waals surface area contributed by atoms with Crippen LogP contribution in [-0.2, 0) is 0 Å². The van der Waals surface area contributed by atoms with Gasteiger partial charge in [-0.15, -0.1) is 0 Å². The minimum Gasteiger partial charge on any atom is -0.478 e.